The quantitative estimate of drug-likeness (QED) is 0.467. The first kappa shape index (κ1) is 16.7. The number of nitrogens with zero attached hydrogens (tertiary/aromatic N) is 1. The van der Waals surface area contributed by atoms with E-state index in [1.165, 1.54) is 0 Å². The zero-order valence-electron chi connectivity index (χ0n) is 16.7. The van der Waals surface area contributed by atoms with Gasteiger partial charge in [-0.25, -0.2) is 4.79 Å². The Labute approximate surface area is 164 Å². The number of carbonyl (C=O) groups is 3. The second kappa shape index (κ2) is 8.48. The molecular weight excluding hydrogens is 432 g/mol. The van der Waals surface area contributed by atoms with Gasteiger partial charge in [0.1, 0.15) is 12.7 Å². The summed E-state index contributed by atoms with van der Waals surface area (Å²) in [7, 11) is 0. The van der Waals surface area contributed by atoms with Gasteiger partial charge in [0, 0.05) is 31.0 Å². The Balaban J connectivity index is 2.47. The molecule has 0 amide bonds. The molecule has 27 heavy (non-hydrogen) atoms. The van der Waals surface area contributed by atoms with Crippen molar-refractivity contribution in [2.75, 3.05) is 6.61 Å². The fraction of sp³-hybridized carbons (Fsp3) is 0.533. The highest BCUT2D eigenvalue weighted by atomic mass is 79.9. The van der Waals surface area contributed by atoms with Crippen molar-refractivity contribution in [3.8, 4) is 0 Å². The van der Waals surface area contributed by atoms with Crippen LogP contribution < -0.4 is 11.2 Å². The SMILES string of the molecule is [2H]CC(=O)OC[C@H]1OC(n2cc(Br)c(=O)[nH]c2=O)[C@H](OC(=O)C[2H])[C@H]1OC(=O)C[2H]. The van der Waals surface area contributed by atoms with Crippen LogP contribution >= 0.6 is 15.9 Å². The van der Waals surface area contributed by atoms with Gasteiger partial charge >= 0.3 is 23.6 Å². The van der Waals surface area contributed by atoms with Crippen LogP contribution in [0.25, 0.3) is 0 Å². The maximum absolute atomic E-state index is 12.3. The van der Waals surface area contributed by atoms with Crippen molar-refractivity contribution in [1.29, 1.82) is 0 Å². The molecule has 1 aromatic heterocycles. The van der Waals surface area contributed by atoms with Gasteiger partial charge in [-0.1, -0.05) is 0 Å². The van der Waals surface area contributed by atoms with Crippen molar-refractivity contribution in [1.82, 2.24) is 9.55 Å². The van der Waals surface area contributed by atoms with Gasteiger partial charge in [0.2, 0.25) is 0 Å². The maximum Gasteiger partial charge on any atom is 0.330 e. The van der Waals surface area contributed by atoms with Crippen LogP contribution in [0.2, 0.25) is 0 Å². The normalized spacial score (nSPS) is 25.7. The zero-order valence-corrected chi connectivity index (χ0v) is 15.3. The smallest absolute Gasteiger partial charge is 0.330 e. The number of ether oxygens (including phenoxy) is 4. The van der Waals surface area contributed by atoms with E-state index >= 15 is 0 Å². The lowest BCUT2D eigenvalue weighted by Crippen LogP contribution is -2.42. The number of H-pyrrole nitrogens is 1. The van der Waals surface area contributed by atoms with Crippen LogP contribution in [0.1, 0.15) is 31.0 Å². The van der Waals surface area contributed by atoms with Crippen molar-refractivity contribution in [3.63, 3.8) is 0 Å². The van der Waals surface area contributed by atoms with Crippen molar-refractivity contribution >= 4 is 33.8 Å². The molecule has 1 fully saturated rings. The summed E-state index contributed by atoms with van der Waals surface area (Å²) in [6, 6.07) is 0. The van der Waals surface area contributed by atoms with E-state index < -0.39 is 81.0 Å². The van der Waals surface area contributed by atoms with Crippen molar-refractivity contribution < 1.29 is 37.4 Å². The number of halogens is 1. The van der Waals surface area contributed by atoms with Crippen LogP contribution in [0.5, 0.6) is 0 Å². The van der Waals surface area contributed by atoms with E-state index in [1.807, 2.05) is 4.98 Å². The minimum Gasteiger partial charge on any atom is -0.463 e. The van der Waals surface area contributed by atoms with E-state index in [0.717, 1.165) is 10.8 Å². The van der Waals surface area contributed by atoms with Gasteiger partial charge in [-0.15, -0.1) is 0 Å². The molecule has 0 aromatic carbocycles. The molecule has 1 aromatic rings. The Hall–Kier alpha value is -2.47. The molecule has 0 spiro atoms. The molecule has 148 valence electrons. The van der Waals surface area contributed by atoms with Crippen molar-refractivity contribution in [3.05, 3.63) is 31.5 Å². The average molecular weight is 452 g/mol. The van der Waals surface area contributed by atoms with E-state index in [1.54, 1.807) is 0 Å². The van der Waals surface area contributed by atoms with E-state index in [2.05, 4.69) is 15.9 Å². The summed E-state index contributed by atoms with van der Waals surface area (Å²) in [5, 5.41) is 0. The van der Waals surface area contributed by atoms with Gasteiger partial charge in [0.15, 0.2) is 18.4 Å². The number of hydrogen-bond donors (Lipinski definition) is 1. The Morgan fingerprint density at radius 1 is 1.19 bits per heavy atom. The Kier molecular flexibility index (Phi) is 5.24. The molecule has 4 atom stereocenters. The molecule has 12 heteroatoms. The molecule has 1 unspecified atom stereocenters. The summed E-state index contributed by atoms with van der Waals surface area (Å²) in [5.74, 6) is -2.94. The first-order valence-electron chi connectivity index (χ1n) is 9.42. The molecule has 0 aliphatic carbocycles. The molecular formula is C15H17BrN2O9. The first-order chi connectivity index (χ1) is 14.2. The van der Waals surface area contributed by atoms with Gasteiger partial charge in [0.05, 0.1) is 4.47 Å². The Morgan fingerprint density at radius 2 is 1.81 bits per heavy atom. The van der Waals surface area contributed by atoms with Crippen LogP contribution in [0, 0.1) is 0 Å². The Bertz CT molecular complexity index is 921. The molecule has 0 radical (unpaired) electrons. The molecule has 1 aliphatic heterocycles. The van der Waals surface area contributed by atoms with Crippen LogP contribution in [0.4, 0.5) is 0 Å². The second-order valence-electron chi connectivity index (χ2n) is 5.30. The maximum atomic E-state index is 12.3. The van der Waals surface area contributed by atoms with Crippen LogP contribution in [-0.4, -0.2) is 52.4 Å². The predicted molar refractivity (Wildman–Crippen MR) is 90.7 cm³/mol. The summed E-state index contributed by atoms with van der Waals surface area (Å²) >= 11 is 2.96. The second-order valence-corrected chi connectivity index (χ2v) is 6.15. The summed E-state index contributed by atoms with van der Waals surface area (Å²) < 4.78 is 42.8. The van der Waals surface area contributed by atoms with Gasteiger partial charge in [-0.3, -0.25) is 28.7 Å². The van der Waals surface area contributed by atoms with Crippen molar-refractivity contribution in [2.45, 2.75) is 45.2 Å². The molecule has 11 nitrogen and oxygen atoms in total. The Morgan fingerprint density at radius 3 is 2.44 bits per heavy atom. The van der Waals surface area contributed by atoms with E-state index in [-0.39, 0.29) is 4.47 Å². The number of aromatic amines is 1. The molecule has 1 aliphatic rings. The van der Waals surface area contributed by atoms with Gasteiger partial charge in [-0.2, -0.15) is 0 Å². The monoisotopic (exact) mass is 451 g/mol. The van der Waals surface area contributed by atoms with Gasteiger partial charge < -0.3 is 18.9 Å². The molecule has 0 saturated carbocycles. The van der Waals surface area contributed by atoms with Gasteiger partial charge in [0.25, 0.3) is 5.56 Å². The standard InChI is InChI=1S/C15H17BrN2O9/c1-6(19)24-5-10-11(25-7(2)20)12(26-8(3)21)14(27-10)18-4-9(16)13(22)17-15(18)23/h4,10-12,14H,5H2,1-3H3,(H,17,22,23)/t10-,11+,12-,14?/m1/s1/i1D,2D,3D. The number of nitrogens with one attached hydrogen (secondary N) is 1. The van der Waals surface area contributed by atoms with E-state index in [4.69, 9.17) is 23.1 Å². The lowest BCUT2D eigenvalue weighted by atomic mass is 10.1. The third kappa shape index (κ3) is 5.04. The third-order valence-corrected chi connectivity index (χ3v) is 3.99. The topological polar surface area (TPSA) is 143 Å². The summed E-state index contributed by atoms with van der Waals surface area (Å²) in [6.45, 7) is -2.76. The van der Waals surface area contributed by atoms with E-state index in [9.17, 15) is 24.0 Å². The number of rotatable bonds is 5. The van der Waals surface area contributed by atoms with E-state index in [0.29, 0.717) is 0 Å². The lowest BCUT2D eigenvalue weighted by molar-refractivity contribution is -0.166. The fourth-order valence-corrected chi connectivity index (χ4v) is 2.78. The third-order valence-electron chi connectivity index (χ3n) is 3.43. The van der Waals surface area contributed by atoms with Crippen LogP contribution in [-0.2, 0) is 33.3 Å². The predicted octanol–water partition coefficient (Wildman–Crippen LogP) is -0.377. The summed E-state index contributed by atoms with van der Waals surface area (Å²) in [6.07, 6.45) is -4.46. The highest BCUT2D eigenvalue weighted by Crippen LogP contribution is 2.33. The zero-order chi connectivity index (χ0) is 22.4. The minimum atomic E-state index is -1.46. The average Bonchev–Trinajstić information content (AvgIpc) is 3.05. The van der Waals surface area contributed by atoms with Crippen LogP contribution in [0.3, 0.4) is 0 Å². The molecule has 2 heterocycles. The number of carbonyl (C=O) groups excluding carboxylic acids is 3. The number of esters is 3. The summed E-state index contributed by atoms with van der Waals surface area (Å²) in [5.41, 5.74) is -1.67. The fourth-order valence-electron chi connectivity index (χ4n) is 2.46. The largest absolute Gasteiger partial charge is 0.463 e. The van der Waals surface area contributed by atoms with Crippen molar-refractivity contribution in [2.24, 2.45) is 0 Å². The number of hydrogen-bond acceptors (Lipinski definition) is 9. The summed E-state index contributed by atoms with van der Waals surface area (Å²) in [4.78, 5) is 60.7. The van der Waals surface area contributed by atoms with Crippen LogP contribution in [0.15, 0.2) is 20.3 Å². The van der Waals surface area contributed by atoms with Gasteiger partial charge in [-0.05, 0) is 15.9 Å². The number of aromatic nitrogens is 2. The highest BCUT2D eigenvalue weighted by Gasteiger charge is 2.51. The molecule has 2 rings (SSSR count). The lowest BCUT2D eigenvalue weighted by Gasteiger charge is -2.23. The molecule has 0 bridgehead atoms. The molecule has 1 saturated heterocycles. The minimum absolute atomic E-state index is 0.0555. The molecule has 1 N–H and O–H groups in total. The highest BCUT2D eigenvalue weighted by molar-refractivity contribution is 9.10. The first-order valence-corrected chi connectivity index (χ1v) is 8.09.